The number of benzene rings is 1. The molecule has 0 radical (unpaired) electrons. The topological polar surface area (TPSA) is 117 Å². The second-order valence-electron chi connectivity index (χ2n) is 5.66. The van der Waals surface area contributed by atoms with Crippen LogP contribution in [-0.4, -0.2) is 40.6 Å². The van der Waals surface area contributed by atoms with E-state index in [0.717, 1.165) is 13.2 Å². The Kier molecular flexibility index (Phi) is 5.17. The van der Waals surface area contributed by atoms with Crippen LogP contribution in [0.4, 0.5) is 0 Å². The fraction of sp³-hybridized carbons (Fsp3) is 0.375. The molecule has 0 saturated heterocycles. The predicted octanol–water partition coefficient (Wildman–Crippen LogP) is 0.800. The van der Waals surface area contributed by atoms with E-state index < -0.39 is 39.0 Å². The maximum atomic E-state index is 12.9. The van der Waals surface area contributed by atoms with E-state index in [1.165, 1.54) is 21.1 Å². The van der Waals surface area contributed by atoms with Crippen molar-refractivity contribution in [2.75, 3.05) is 20.5 Å². The molecular weight excluding hydrogens is 366 g/mol. The first-order valence-electron chi connectivity index (χ1n) is 7.38. The Labute approximate surface area is 150 Å². The van der Waals surface area contributed by atoms with Crippen LogP contribution in [0.3, 0.4) is 0 Å². The van der Waals surface area contributed by atoms with Crippen LogP contribution in [0.2, 0.25) is 0 Å². The van der Waals surface area contributed by atoms with Crippen molar-refractivity contribution in [3.8, 4) is 11.5 Å². The van der Waals surface area contributed by atoms with Gasteiger partial charge in [0.1, 0.15) is 11.5 Å². The lowest BCUT2D eigenvalue weighted by atomic mass is 9.90. The van der Waals surface area contributed by atoms with Gasteiger partial charge in [-0.1, -0.05) is 0 Å². The first-order valence-corrected chi connectivity index (χ1v) is 9.27. The van der Waals surface area contributed by atoms with Gasteiger partial charge in [-0.15, -0.1) is 0 Å². The van der Waals surface area contributed by atoms with Gasteiger partial charge in [0.2, 0.25) is 27.3 Å². The molecule has 0 aromatic heterocycles. The molecule has 1 heterocycles. The van der Waals surface area contributed by atoms with E-state index in [1.807, 2.05) is 0 Å². The third kappa shape index (κ3) is 3.74. The average Bonchev–Trinajstić information content (AvgIpc) is 2.77. The molecule has 2 rings (SSSR count). The van der Waals surface area contributed by atoms with Crippen molar-refractivity contribution >= 4 is 21.8 Å². The quantitative estimate of drug-likeness (QED) is 0.715. The summed E-state index contributed by atoms with van der Waals surface area (Å²) < 4.78 is 46.1. The minimum absolute atomic E-state index is 0.281. The Morgan fingerprint density at radius 3 is 2.38 bits per heavy atom. The molecule has 0 aliphatic carbocycles. The van der Waals surface area contributed by atoms with Gasteiger partial charge in [0, 0.05) is 18.6 Å². The largest absolute Gasteiger partial charge is 0.497 e. The predicted molar refractivity (Wildman–Crippen MR) is 89.8 cm³/mol. The molecule has 0 amide bonds. The van der Waals surface area contributed by atoms with E-state index in [-0.39, 0.29) is 5.75 Å². The summed E-state index contributed by atoms with van der Waals surface area (Å²) in [5, 5.41) is 0. The van der Waals surface area contributed by atoms with Crippen molar-refractivity contribution < 1.29 is 37.0 Å². The van der Waals surface area contributed by atoms with Crippen molar-refractivity contribution in [2.24, 2.45) is 0 Å². The van der Waals surface area contributed by atoms with Gasteiger partial charge < -0.3 is 18.9 Å². The summed E-state index contributed by atoms with van der Waals surface area (Å²) in [4.78, 5) is 24.2. The highest BCUT2D eigenvalue weighted by atomic mass is 32.2. The Morgan fingerprint density at radius 2 is 1.88 bits per heavy atom. The van der Waals surface area contributed by atoms with Gasteiger partial charge in [-0.3, -0.25) is 14.3 Å². The number of hydrogen-bond donors (Lipinski definition) is 1. The summed E-state index contributed by atoms with van der Waals surface area (Å²) in [6.45, 7) is 2.50. The van der Waals surface area contributed by atoms with E-state index in [2.05, 4.69) is 4.72 Å². The van der Waals surface area contributed by atoms with Gasteiger partial charge in [0.25, 0.3) is 5.78 Å². The molecule has 1 aromatic rings. The van der Waals surface area contributed by atoms with Crippen molar-refractivity contribution in [2.45, 2.75) is 19.4 Å². The average molecular weight is 385 g/mol. The summed E-state index contributed by atoms with van der Waals surface area (Å²) in [6, 6.07) is 4.68. The third-order valence-electron chi connectivity index (χ3n) is 3.60. The standard InChI is InChI=1S/C16H19NO8S/c1-9(18)24-13-14(19)16(2,25-15(13)17-26(5,20)21)11-7-6-10(22-3)8-12(11)23-4/h6-8,17H,1-5H3. The van der Waals surface area contributed by atoms with Crippen LogP contribution in [0.15, 0.2) is 29.8 Å². The number of sulfonamides is 1. The number of methoxy groups -OCH3 is 2. The molecule has 0 bridgehead atoms. The Hall–Kier alpha value is -2.75. The highest BCUT2D eigenvalue weighted by molar-refractivity contribution is 7.88. The van der Waals surface area contributed by atoms with Crippen LogP contribution in [-0.2, 0) is 34.7 Å². The molecule has 0 fully saturated rings. The molecule has 1 N–H and O–H groups in total. The highest BCUT2D eigenvalue weighted by Gasteiger charge is 2.51. The number of ether oxygens (including phenoxy) is 4. The van der Waals surface area contributed by atoms with Gasteiger partial charge in [0.05, 0.1) is 20.5 Å². The van der Waals surface area contributed by atoms with Crippen LogP contribution >= 0.6 is 0 Å². The maximum absolute atomic E-state index is 12.9. The van der Waals surface area contributed by atoms with E-state index in [4.69, 9.17) is 18.9 Å². The van der Waals surface area contributed by atoms with Gasteiger partial charge in [-0.25, -0.2) is 8.42 Å². The Bertz CT molecular complexity index is 890. The molecule has 1 aliphatic heterocycles. The SMILES string of the molecule is COc1ccc(C2(C)OC(NS(C)(=O)=O)=C(OC(C)=O)C2=O)c(OC)c1. The maximum Gasteiger partial charge on any atom is 0.308 e. The van der Waals surface area contributed by atoms with Crippen LogP contribution in [0.5, 0.6) is 11.5 Å². The summed E-state index contributed by atoms with van der Waals surface area (Å²) in [5.41, 5.74) is -1.36. The number of Topliss-reactive ketones (excluding diaryl/α,β-unsaturated/α-hetero) is 1. The number of nitrogens with one attached hydrogen (secondary N) is 1. The lowest BCUT2D eigenvalue weighted by Crippen LogP contribution is -2.33. The summed E-state index contributed by atoms with van der Waals surface area (Å²) >= 11 is 0. The molecule has 1 aromatic carbocycles. The monoisotopic (exact) mass is 385 g/mol. The van der Waals surface area contributed by atoms with Gasteiger partial charge in [-0.05, 0) is 19.1 Å². The van der Waals surface area contributed by atoms with E-state index >= 15 is 0 Å². The van der Waals surface area contributed by atoms with Crippen molar-refractivity contribution in [3.05, 3.63) is 35.4 Å². The second kappa shape index (κ2) is 6.87. The zero-order valence-electron chi connectivity index (χ0n) is 14.9. The molecular formula is C16H19NO8S. The molecule has 142 valence electrons. The molecule has 26 heavy (non-hydrogen) atoms. The first kappa shape index (κ1) is 19.6. The number of carbonyl (C=O) groups excluding carboxylic acids is 2. The van der Waals surface area contributed by atoms with Crippen LogP contribution in [0.1, 0.15) is 19.4 Å². The summed E-state index contributed by atoms with van der Waals surface area (Å²) in [5.74, 6) is -1.75. The van der Waals surface area contributed by atoms with E-state index in [9.17, 15) is 18.0 Å². The molecule has 1 atom stereocenters. The lowest BCUT2D eigenvalue weighted by Gasteiger charge is -2.25. The van der Waals surface area contributed by atoms with Crippen LogP contribution < -0.4 is 14.2 Å². The number of rotatable bonds is 6. The molecule has 9 nitrogen and oxygen atoms in total. The van der Waals surface area contributed by atoms with Crippen molar-refractivity contribution in [1.29, 1.82) is 0 Å². The fourth-order valence-electron chi connectivity index (χ4n) is 2.46. The zero-order valence-corrected chi connectivity index (χ0v) is 15.7. The van der Waals surface area contributed by atoms with E-state index in [0.29, 0.717) is 11.3 Å². The van der Waals surface area contributed by atoms with Crippen LogP contribution in [0, 0.1) is 0 Å². The fourth-order valence-corrected chi connectivity index (χ4v) is 2.93. The highest BCUT2D eigenvalue weighted by Crippen LogP contribution is 2.43. The number of carbonyl (C=O) groups is 2. The third-order valence-corrected chi connectivity index (χ3v) is 4.15. The minimum Gasteiger partial charge on any atom is -0.497 e. The molecule has 1 unspecified atom stereocenters. The number of esters is 1. The van der Waals surface area contributed by atoms with Crippen molar-refractivity contribution in [1.82, 2.24) is 4.72 Å². The van der Waals surface area contributed by atoms with Crippen molar-refractivity contribution in [3.63, 3.8) is 0 Å². The summed E-state index contributed by atoms with van der Waals surface area (Å²) in [7, 11) is -0.912. The normalized spacial score (nSPS) is 19.8. The van der Waals surface area contributed by atoms with Gasteiger partial charge >= 0.3 is 5.97 Å². The van der Waals surface area contributed by atoms with E-state index in [1.54, 1.807) is 18.2 Å². The number of hydrogen-bond acceptors (Lipinski definition) is 8. The number of ketones is 1. The lowest BCUT2D eigenvalue weighted by molar-refractivity contribution is -0.142. The molecule has 1 aliphatic rings. The Balaban J connectivity index is 2.55. The molecule has 10 heteroatoms. The summed E-state index contributed by atoms with van der Waals surface area (Å²) in [6.07, 6.45) is 0.878. The molecule has 0 saturated carbocycles. The zero-order chi connectivity index (χ0) is 19.7. The Morgan fingerprint density at radius 1 is 1.23 bits per heavy atom. The second-order valence-corrected chi connectivity index (χ2v) is 7.41. The van der Waals surface area contributed by atoms with Gasteiger partial charge in [-0.2, -0.15) is 0 Å². The minimum atomic E-state index is -3.79. The molecule has 0 spiro atoms. The smallest absolute Gasteiger partial charge is 0.308 e. The van der Waals surface area contributed by atoms with Gasteiger partial charge in [0.15, 0.2) is 0 Å². The first-order chi connectivity index (χ1) is 12.0. The van der Waals surface area contributed by atoms with Crippen LogP contribution in [0.25, 0.3) is 0 Å².